The zero-order valence-corrected chi connectivity index (χ0v) is 6.59. The third-order valence-electron chi connectivity index (χ3n) is 3.08. The number of hydrogen-bond donors (Lipinski definition) is 1. The molecule has 0 aromatic carbocycles. The van der Waals surface area contributed by atoms with E-state index in [1.54, 1.807) is 0 Å². The van der Waals surface area contributed by atoms with Gasteiger partial charge in [0, 0.05) is 18.6 Å². The molecule has 3 aliphatic rings. The highest BCUT2D eigenvalue weighted by molar-refractivity contribution is 4.94. The van der Waals surface area contributed by atoms with Crippen LogP contribution in [0.5, 0.6) is 0 Å². The Morgan fingerprint density at radius 1 is 1.40 bits per heavy atom. The third-order valence-corrected chi connectivity index (χ3v) is 3.08. The highest BCUT2D eigenvalue weighted by atomic mass is 15.2. The highest BCUT2D eigenvalue weighted by Gasteiger charge is 2.36. The number of rotatable bonds is 0. The first-order chi connectivity index (χ1) is 4.77. The lowest BCUT2D eigenvalue weighted by atomic mass is 9.77. The maximum absolute atomic E-state index is 5.97. The molecule has 2 saturated heterocycles. The molecule has 3 atom stereocenters. The summed E-state index contributed by atoms with van der Waals surface area (Å²) in [6.07, 6.45) is 4.03. The van der Waals surface area contributed by atoms with Gasteiger partial charge < -0.3 is 10.6 Å². The van der Waals surface area contributed by atoms with Crippen LogP contribution in [0.3, 0.4) is 0 Å². The molecule has 0 spiro atoms. The van der Waals surface area contributed by atoms with Crippen molar-refractivity contribution in [1.29, 1.82) is 0 Å². The number of nitrogens with two attached hydrogens (primary N) is 1. The van der Waals surface area contributed by atoms with E-state index < -0.39 is 0 Å². The topological polar surface area (TPSA) is 29.3 Å². The molecule has 2 heteroatoms. The molecular weight excluding hydrogens is 124 g/mol. The molecule has 3 rings (SSSR count). The van der Waals surface area contributed by atoms with Crippen molar-refractivity contribution in [2.45, 2.75) is 31.3 Å². The van der Waals surface area contributed by atoms with E-state index in [2.05, 4.69) is 11.9 Å². The number of fused-ring (bicyclic) bond motifs is 3. The van der Waals surface area contributed by atoms with Crippen molar-refractivity contribution < 1.29 is 0 Å². The quantitative estimate of drug-likeness (QED) is 0.528. The van der Waals surface area contributed by atoms with Gasteiger partial charge in [-0.2, -0.15) is 0 Å². The second-order valence-corrected chi connectivity index (χ2v) is 3.85. The van der Waals surface area contributed by atoms with Gasteiger partial charge in [-0.25, -0.2) is 0 Å². The van der Waals surface area contributed by atoms with Gasteiger partial charge in [-0.1, -0.05) is 0 Å². The van der Waals surface area contributed by atoms with E-state index in [9.17, 15) is 0 Å². The van der Waals surface area contributed by atoms with Gasteiger partial charge in [-0.15, -0.1) is 0 Å². The van der Waals surface area contributed by atoms with Gasteiger partial charge in [0.2, 0.25) is 0 Å². The van der Waals surface area contributed by atoms with Gasteiger partial charge in [0.15, 0.2) is 0 Å². The van der Waals surface area contributed by atoms with Crippen molar-refractivity contribution in [1.82, 2.24) is 4.90 Å². The molecule has 2 nitrogen and oxygen atoms in total. The molecular formula is C8H16N2. The molecule has 2 aliphatic heterocycles. The highest BCUT2D eigenvalue weighted by Crippen LogP contribution is 2.32. The summed E-state index contributed by atoms with van der Waals surface area (Å²) in [6.45, 7) is 1.29. The Bertz CT molecular complexity index is 123. The number of hydrogen-bond acceptors (Lipinski definition) is 2. The van der Waals surface area contributed by atoms with E-state index in [1.165, 1.54) is 25.8 Å². The molecule has 0 aromatic rings. The van der Waals surface area contributed by atoms with Crippen LogP contribution in [0.15, 0.2) is 0 Å². The van der Waals surface area contributed by atoms with Crippen molar-refractivity contribution in [3.05, 3.63) is 0 Å². The molecule has 0 unspecified atom stereocenters. The lowest BCUT2D eigenvalue weighted by molar-refractivity contribution is 0.0542. The van der Waals surface area contributed by atoms with Gasteiger partial charge in [0.1, 0.15) is 0 Å². The van der Waals surface area contributed by atoms with Crippen LogP contribution in [0.2, 0.25) is 0 Å². The van der Waals surface area contributed by atoms with Crippen LogP contribution in [0.4, 0.5) is 0 Å². The van der Waals surface area contributed by atoms with Crippen LogP contribution in [-0.2, 0) is 0 Å². The maximum Gasteiger partial charge on any atom is 0.0244 e. The maximum atomic E-state index is 5.97. The monoisotopic (exact) mass is 140 g/mol. The number of piperidine rings is 2. The molecule has 0 radical (unpaired) electrons. The molecule has 2 bridgehead atoms. The minimum atomic E-state index is 0.470. The Balaban J connectivity index is 2.11. The molecule has 10 heavy (non-hydrogen) atoms. The predicted molar refractivity (Wildman–Crippen MR) is 41.7 cm³/mol. The van der Waals surface area contributed by atoms with Crippen LogP contribution in [0.25, 0.3) is 0 Å². The van der Waals surface area contributed by atoms with Crippen molar-refractivity contribution >= 4 is 0 Å². The molecule has 2 N–H and O–H groups in total. The van der Waals surface area contributed by atoms with Crippen molar-refractivity contribution in [2.75, 3.05) is 13.6 Å². The summed E-state index contributed by atoms with van der Waals surface area (Å²) in [5.74, 6) is 0.907. The van der Waals surface area contributed by atoms with Gasteiger partial charge in [0.25, 0.3) is 0 Å². The van der Waals surface area contributed by atoms with Crippen LogP contribution in [0.1, 0.15) is 19.3 Å². The minimum absolute atomic E-state index is 0.470. The van der Waals surface area contributed by atoms with E-state index in [1.807, 2.05) is 0 Å². The van der Waals surface area contributed by atoms with Crippen LogP contribution >= 0.6 is 0 Å². The normalized spacial score (nSPS) is 48.0. The largest absolute Gasteiger partial charge is 0.326 e. The first-order valence-electron chi connectivity index (χ1n) is 4.23. The fourth-order valence-corrected chi connectivity index (χ4v) is 2.54. The minimum Gasteiger partial charge on any atom is -0.326 e. The van der Waals surface area contributed by atoms with Crippen LogP contribution < -0.4 is 5.73 Å². The lowest BCUT2D eigenvalue weighted by Gasteiger charge is -2.47. The Kier molecular flexibility index (Phi) is 1.46. The van der Waals surface area contributed by atoms with E-state index in [4.69, 9.17) is 5.73 Å². The summed E-state index contributed by atoms with van der Waals surface area (Å²) in [7, 11) is 2.20. The van der Waals surface area contributed by atoms with Gasteiger partial charge in [-0.3, -0.25) is 0 Å². The summed E-state index contributed by atoms with van der Waals surface area (Å²) in [5.41, 5.74) is 5.97. The second kappa shape index (κ2) is 2.21. The number of likely N-dealkylation sites (N-methyl/N-ethyl adjacent to an activating group) is 1. The predicted octanol–water partition coefficient (Wildman–Crippen LogP) is 0.428. The van der Waals surface area contributed by atoms with Gasteiger partial charge in [0.05, 0.1) is 0 Å². The standard InChI is InChI=1S/C8H16N2/c1-10-5-6-2-3-8(10)7(9)4-6/h6-8H,2-5,9H2,1H3/t6-,7-,8+/m0/s1. The SMILES string of the molecule is CN1C[C@H]2CC[C@@H]1[C@@H](N)C2. The molecule has 0 amide bonds. The van der Waals surface area contributed by atoms with Crippen molar-refractivity contribution in [3.63, 3.8) is 0 Å². The molecule has 1 aliphatic carbocycles. The average Bonchev–Trinajstić information content (AvgIpc) is 1.86. The lowest BCUT2D eigenvalue weighted by Crippen LogP contribution is -2.57. The molecule has 58 valence electrons. The first-order valence-corrected chi connectivity index (χ1v) is 4.23. The summed E-state index contributed by atoms with van der Waals surface area (Å²) < 4.78 is 0. The fourth-order valence-electron chi connectivity index (χ4n) is 2.54. The summed E-state index contributed by atoms with van der Waals surface area (Å²) in [5, 5.41) is 0. The molecule has 2 heterocycles. The van der Waals surface area contributed by atoms with Gasteiger partial charge >= 0.3 is 0 Å². The van der Waals surface area contributed by atoms with Gasteiger partial charge in [-0.05, 0) is 32.2 Å². The average molecular weight is 140 g/mol. The van der Waals surface area contributed by atoms with E-state index >= 15 is 0 Å². The molecule has 3 fully saturated rings. The Morgan fingerprint density at radius 2 is 2.20 bits per heavy atom. The smallest absolute Gasteiger partial charge is 0.0244 e. The Morgan fingerprint density at radius 3 is 2.60 bits per heavy atom. The summed E-state index contributed by atoms with van der Waals surface area (Å²) in [4.78, 5) is 2.43. The fraction of sp³-hybridized carbons (Fsp3) is 1.00. The van der Waals surface area contributed by atoms with E-state index in [-0.39, 0.29) is 0 Å². The van der Waals surface area contributed by atoms with Crippen LogP contribution in [0, 0.1) is 5.92 Å². The van der Waals surface area contributed by atoms with Crippen molar-refractivity contribution in [3.8, 4) is 0 Å². The van der Waals surface area contributed by atoms with Crippen molar-refractivity contribution in [2.24, 2.45) is 11.7 Å². The third kappa shape index (κ3) is 0.867. The van der Waals surface area contributed by atoms with Crippen LogP contribution in [-0.4, -0.2) is 30.6 Å². The second-order valence-electron chi connectivity index (χ2n) is 3.85. The molecule has 0 aromatic heterocycles. The van der Waals surface area contributed by atoms with E-state index in [0.717, 1.165) is 5.92 Å². The zero-order valence-electron chi connectivity index (χ0n) is 6.59. The summed E-state index contributed by atoms with van der Waals surface area (Å²) in [6, 6.07) is 1.17. The number of nitrogens with zero attached hydrogens (tertiary/aromatic N) is 1. The molecule has 1 saturated carbocycles. The Labute approximate surface area is 62.4 Å². The first kappa shape index (κ1) is 6.62. The summed E-state index contributed by atoms with van der Waals surface area (Å²) >= 11 is 0. The van der Waals surface area contributed by atoms with E-state index in [0.29, 0.717) is 12.1 Å². The zero-order chi connectivity index (χ0) is 7.14. The Hall–Kier alpha value is -0.0800.